The lowest BCUT2D eigenvalue weighted by Crippen LogP contribution is -1.97. The average molecular weight is 428 g/mol. The Hall–Kier alpha value is -1.01. The Balaban J connectivity index is 1.79. The van der Waals surface area contributed by atoms with Crippen LogP contribution >= 0.6 is 38.5 Å². The molecule has 0 amide bonds. The maximum atomic E-state index is 5.53. The first-order chi connectivity index (χ1) is 9.20. The van der Waals surface area contributed by atoms with Gasteiger partial charge in [0.15, 0.2) is 3.77 Å². The molecule has 0 aliphatic carbocycles. The third kappa shape index (κ3) is 3.12. The van der Waals surface area contributed by atoms with Crippen LogP contribution in [0.5, 0.6) is 0 Å². The van der Waals surface area contributed by atoms with Gasteiger partial charge in [-0.05, 0) is 69.8 Å². The minimum atomic E-state index is 0.699. The van der Waals surface area contributed by atoms with E-state index in [1.165, 1.54) is 10.8 Å². The van der Waals surface area contributed by atoms with Crippen molar-refractivity contribution >= 4 is 55.0 Å². The number of furan rings is 1. The molecule has 0 saturated carbocycles. The van der Waals surface area contributed by atoms with Crippen LogP contribution in [0.1, 0.15) is 5.76 Å². The van der Waals surface area contributed by atoms with Crippen LogP contribution in [0.3, 0.4) is 0 Å². The monoisotopic (exact) mass is 427 g/mol. The molecule has 3 aromatic rings. The molecule has 0 atom stereocenters. The smallest absolute Gasteiger partial charge is 0.164 e. The molecule has 0 aliphatic heterocycles. The fraction of sp³-hybridized carbons (Fsp3) is 0.0667. The zero-order valence-corrected chi connectivity index (χ0v) is 13.7. The van der Waals surface area contributed by atoms with Gasteiger partial charge in [-0.2, -0.15) is 0 Å². The van der Waals surface area contributed by atoms with E-state index < -0.39 is 0 Å². The van der Waals surface area contributed by atoms with Crippen LogP contribution in [0.15, 0.2) is 57.4 Å². The van der Waals surface area contributed by atoms with E-state index in [2.05, 4.69) is 80.2 Å². The van der Waals surface area contributed by atoms with E-state index in [0.717, 1.165) is 19.7 Å². The maximum Gasteiger partial charge on any atom is 0.164 e. The summed E-state index contributed by atoms with van der Waals surface area (Å²) < 4.78 is 7.54. The van der Waals surface area contributed by atoms with Crippen molar-refractivity contribution in [3.8, 4) is 0 Å². The predicted octanol–water partition coefficient (Wildman–Crippen LogP) is 5.41. The highest BCUT2D eigenvalue weighted by Gasteiger charge is 2.01. The van der Waals surface area contributed by atoms with Crippen molar-refractivity contribution in [3.63, 3.8) is 0 Å². The SMILES string of the molecule is Brc1ccc2cc(NCc3ccc(I)o3)ccc2c1. The van der Waals surface area contributed by atoms with E-state index in [9.17, 15) is 0 Å². The second kappa shape index (κ2) is 5.54. The van der Waals surface area contributed by atoms with Crippen LogP contribution in [0, 0.1) is 3.77 Å². The molecule has 0 spiro atoms. The number of hydrogen-bond donors (Lipinski definition) is 1. The van der Waals surface area contributed by atoms with E-state index in [0.29, 0.717) is 6.54 Å². The highest BCUT2D eigenvalue weighted by Crippen LogP contribution is 2.23. The minimum absolute atomic E-state index is 0.699. The topological polar surface area (TPSA) is 25.2 Å². The predicted molar refractivity (Wildman–Crippen MR) is 90.4 cm³/mol. The summed E-state index contributed by atoms with van der Waals surface area (Å²) in [6.45, 7) is 0.699. The molecule has 0 radical (unpaired) electrons. The van der Waals surface area contributed by atoms with Crippen LogP contribution in [-0.2, 0) is 6.54 Å². The first-order valence-corrected chi connectivity index (χ1v) is 7.75. The number of nitrogens with one attached hydrogen (secondary N) is 1. The molecular weight excluding hydrogens is 417 g/mol. The number of halogens is 2. The van der Waals surface area contributed by atoms with Gasteiger partial charge in [-0.3, -0.25) is 0 Å². The van der Waals surface area contributed by atoms with Gasteiger partial charge < -0.3 is 9.73 Å². The summed E-state index contributed by atoms with van der Waals surface area (Å²) in [5.74, 6) is 0.945. The van der Waals surface area contributed by atoms with E-state index in [-0.39, 0.29) is 0 Å². The molecule has 0 aliphatic rings. The molecule has 0 bridgehead atoms. The molecule has 0 fully saturated rings. The van der Waals surface area contributed by atoms with E-state index in [1.807, 2.05) is 12.1 Å². The van der Waals surface area contributed by atoms with Gasteiger partial charge in [-0.15, -0.1) is 0 Å². The lowest BCUT2D eigenvalue weighted by molar-refractivity contribution is 0.493. The molecular formula is C15H11BrINO. The molecule has 1 aromatic heterocycles. The maximum absolute atomic E-state index is 5.53. The van der Waals surface area contributed by atoms with Crippen molar-refractivity contribution in [2.75, 3.05) is 5.32 Å². The van der Waals surface area contributed by atoms with Crippen LogP contribution < -0.4 is 5.32 Å². The van der Waals surface area contributed by atoms with Crippen LogP contribution in [0.4, 0.5) is 5.69 Å². The summed E-state index contributed by atoms with van der Waals surface area (Å²) in [5.41, 5.74) is 1.10. The van der Waals surface area contributed by atoms with Gasteiger partial charge in [0.2, 0.25) is 0 Å². The van der Waals surface area contributed by atoms with Gasteiger partial charge in [0.05, 0.1) is 6.54 Å². The highest BCUT2D eigenvalue weighted by molar-refractivity contribution is 14.1. The van der Waals surface area contributed by atoms with Crippen molar-refractivity contribution in [1.29, 1.82) is 0 Å². The molecule has 4 heteroatoms. The molecule has 1 N–H and O–H groups in total. The zero-order valence-electron chi connectivity index (χ0n) is 9.99. The molecule has 0 unspecified atom stereocenters. The van der Waals surface area contributed by atoms with Crippen molar-refractivity contribution in [1.82, 2.24) is 0 Å². The first kappa shape index (κ1) is 13.0. The third-order valence-corrected chi connectivity index (χ3v) is 3.97. The Morgan fingerprint density at radius 1 is 1.00 bits per heavy atom. The van der Waals surface area contributed by atoms with Crippen LogP contribution in [0.2, 0.25) is 0 Å². The summed E-state index contributed by atoms with van der Waals surface area (Å²) in [6, 6.07) is 16.6. The first-order valence-electron chi connectivity index (χ1n) is 5.88. The van der Waals surface area contributed by atoms with Gasteiger partial charge in [-0.25, -0.2) is 0 Å². The molecule has 3 rings (SSSR count). The fourth-order valence-electron chi connectivity index (χ4n) is 1.96. The Labute approximate surface area is 133 Å². The van der Waals surface area contributed by atoms with Crippen LogP contribution in [0.25, 0.3) is 10.8 Å². The minimum Gasteiger partial charge on any atom is -0.454 e. The normalized spacial score (nSPS) is 10.8. The summed E-state index contributed by atoms with van der Waals surface area (Å²) in [4.78, 5) is 0. The Kier molecular flexibility index (Phi) is 3.79. The summed E-state index contributed by atoms with van der Waals surface area (Å²) in [5, 5.41) is 5.83. The summed E-state index contributed by atoms with van der Waals surface area (Å²) >= 11 is 5.66. The number of benzene rings is 2. The summed E-state index contributed by atoms with van der Waals surface area (Å²) in [6.07, 6.45) is 0. The zero-order chi connectivity index (χ0) is 13.2. The second-order valence-corrected chi connectivity index (χ2v) is 6.24. The van der Waals surface area contributed by atoms with Gasteiger partial charge in [0, 0.05) is 10.2 Å². The Morgan fingerprint density at radius 2 is 1.79 bits per heavy atom. The summed E-state index contributed by atoms with van der Waals surface area (Å²) in [7, 11) is 0. The molecule has 2 nitrogen and oxygen atoms in total. The largest absolute Gasteiger partial charge is 0.454 e. The molecule has 2 aromatic carbocycles. The van der Waals surface area contributed by atoms with Gasteiger partial charge >= 0.3 is 0 Å². The Morgan fingerprint density at radius 3 is 2.58 bits per heavy atom. The second-order valence-electron chi connectivity index (χ2n) is 4.27. The van der Waals surface area contributed by atoms with Gasteiger partial charge in [0.25, 0.3) is 0 Å². The van der Waals surface area contributed by atoms with Crippen molar-refractivity contribution in [3.05, 3.63) is 62.5 Å². The fourth-order valence-corrected chi connectivity index (χ4v) is 2.80. The van der Waals surface area contributed by atoms with Crippen molar-refractivity contribution in [2.45, 2.75) is 6.54 Å². The quantitative estimate of drug-likeness (QED) is 0.565. The van der Waals surface area contributed by atoms with Crippen molar-refractivity contribution < 1.29 is 4.42 Å². The molecule has 0 saturated heterocycles. The van der Waals surface area contributed by atoms with Crippen LogP contribution in [-0.4, -0.2) is 0 Å². The van der Waals surface area contributed by atoms with E-state index >= 15 is 0 Å². The van der Waals surface area contributed by atoms with E-state index in [1.54, 1.807) is 0 Å². The number of rotatable bonds is 3. The number of anilines is 1. The molecule has 96 valence electrons. The molecule has 19 heavy (non-hydrogen) atoms. The lowest BCUT2D eigenvalue weighted by atomic mass is 10.1. The molecule has 1 heterocycles. The Bertz CT molecular complexity index is 723. The highest BCUT2D eigenvalue weighted by atomic mass is 127. The lowest BCUT2D eigenvalue weighted by Gasteiger charge is -2.06. The van der Waals surface area contributed by atoms with Crippen molar-refractivity contribution in [2.24, 2.45) is 0 Å². The third-order valence-electron chi connectivity index (χ3n) is 2.90. The number of fused-ring (bicyclic) bond motifs is 1. The standard InChI is InChI=1S/C15H11BrINO/c16-12-3-1-11-8-13(4-2-10(11)7-12)18-9-14-5-6-15(17)19-14/h1-8,18H,9H2. The van der Waals surface area contributed by atoms with Gasteiger partial charge in [0.1, 0.15) is 5.76 Å². The van der Waals surface area contributed by atoms with E-state index in [4.69, 9.17) is 4.42 Å². The number of hydrogen-bond acceptors (Lipinski definition) is 2. The average Bonchev–Trinajstić information content (AvgIpc) is 2.82. The van der Waals surface area contributed by atoms with Gasteiger partial charge in [-0.1, -0.05) is 28.1 Å².